The number of halogens is 1. The molecule has 1 aromatic heterocycles. The third-order valence-electron chi connectivity index (χ3n) is 4.45. The van der Waals surface area contributed by atoms with Crippen LogP contribution in [0.25, 0.3) is 10.8 Å². The minimum absolute atomic E-state index is 0. The topological polar surface area (TPSA) is 58.2 Å². The number of aryl methyl sites for hydroxylation is 1. The van der Waals surface area contributed by atoms with E-state index in [1.807, 2.05) is 43.3 Å². The molecule has 0 radical (unpaired) electrons. The predicted octanol–water partition coefficient (Wildman–Crippen LogP) is 4.65. The molecule has 0 fully saturated rings. The average molecular weight is 355 g/mol. The monoisotopic (exact) mass is 354 g/mol. The molecule has 0 aliphatic carbocycles. The second-order valence-electron chi connectivity index (χ2n) is 6.08. The van der Waals surface area contributed by atoms with E-state index in [1.165, 1.54) is 0 Å². The van der Waals surface area contributed by atoms with Crippen LogP contribution in [0, 0.1) is 18.3 Å². The summed E-state index contributed by atoms with van der Waals surface area (Å²) in [4.78, 5) is 0. The maximum absolute atomic E-state index is 9.31. The number of fused-ring (bicyclic) bond motifs is 2. The fourth-order valence-electron chi connectivity index (χ4n) is 3.33. The Balaban J connectivity index is 0.00000182. The smallest absolute Gasteiger partial charge is 0.128 e. The zero-order valence-corrected chi connectivity index (χ0v) is 14.7. The second-order valence-corrected chi connectivity index (χ2v) is 6.08. The van der Waals surface area contributed by atoms with Crippen molar-refractivity contribution in [2.24, 2.45) is 0 Å². The van der Waals surface area contributed by atoms with Crippen molar-refractivity contribution in [2.75, 3.05) is 6.54 Å². The van der Waals surface area contributed by atoms with Gasteiger partial charge in [-0.15, -0.1) is 12.4 Å². The fourth-order valence-corrected chi connectivity index (χ4v) is 3.33. The molecule has 0 saturated heterocycles. The number of hydrogen-bond acceptors (Lipinski definition) is 4. The van der Waals surface area contributed by atoms with Crippen molar-refractivity contribution in [2.45, 2.75) is 26.0 Å². The minimum atomic E-state index is -0.0520. The minimum Gasteiger partial charge on any atom is -0.485 e. The first-order valence-corrected chi connectivity index (χ1v) is 8.14. The first kappa shape index (κ1) is 17.3. The van der Waals surface area contributed by atoms with Crippen molar-refractivity contribution in [1.82, 2.24) is 5.32 Å². The molecule has 5 heteroatoms. The number of rotatable bonds is 2. The van der Waals surface area contributed by atoms with Crippen molar-refractivity contribution >= 4 is 23.2 Å². The van der Waals surface area contributed by atoms with Crippen molar-refractivity contribution in [1.29, 1.82) is 5.26 Å². The van der Waals surface area contributed by atoms with Crippen molar-refractivity contribution in [3.05, 3.63) is 65.1 Å². The van der Waals surface area contributed by atoms with Crippen LogP contribution in [0.3, 0.4) is 0 Å². The van der Waals surface area contributed by atoms with Gasteiger partial charge in [-0.25, -0.2) is 0 Å². The third-order valence-corrected chi connectivity index (χ3v) is 4.45. The van der Waals surface area contributed by atoms with E-state index in [1.54, 1.807) is 0 Å². The summed E-state index contributed by atoms with van der Waals surface area (Å²) in [5.74, 6) is 2.66. The van der Waals surface area contributed by atoms with Gasteiger partial charge in [-0.05, 0) is 31.7 Å². The van der Waals surface area contributed by atoms with Gasteiger partial charge in [-0.1, -0.05) is 24.3 Å². The molecule has 4 rings (SSSR count). The molecule has 1 atom stereocenters. The van der Waals surface area contributed by atoms with Gasteiger partial charge >= 0.3 is 0 Å². The SMILES string of the molecule is Cc1cc2c(o1)CNCCC2Oc1ccc(C#N)c2ccccc12.Cl. The summed E-state index contributed by atoms with van der Waals surface area (Å²) in [7, 11) is 0. The Labute approximate surface area is 152 Å². The quantitative estimate of drug-likeness (QED) is 0.727. The molecule has 3 aromatic rings. The molecule has 2 heterocycles. The lowest BCUT2D eigenvalue weighted by molar-refractivity contribution is 0.199. The standard InChI is InChI=1S/C20H18N2O2.ClH/c1-13-10-17-19(8-9-22-12-20(17)23-13)24-18-7-6-14(11-21)15-4-2-3-5-16(15)18;/h2-7,10,19,22H,8-9,12H2,1H3;1H. The number of nitriles is 1. The van der Waals surface area contributed by atoms with Crippen molar-refractivity contribution in [3.63, 3.8) is 0 Å². The molecule has 1 unspecified atom stereocenters. The Morgan fingerprint density at radius 3 is 2.80 bits per heavy atom. The highest BCUT2D eigenvalue weighted by Crippen LogP contribution is 2.35. The van der Waals surface area contributed by atoms with Gasteiger partial charge in [0.15, 0.2) is 0 Å². The van der Waals surface area contributed by atoms with Gasteiger partial charge in [0.25, 0.3) is 0 Å². The molecule has 0 bridgehead atoms. The largest absolute Gasteiger partial charge is 0.485 e. The molecule has 0 spiro atoms. The van der Waals surface area contributed by atoms with E-state index in [4.69, 9.17) is 9.15 Å². The molecule has 1 N–H and O–H groups in total. The van der Waals surface area contributed by atoms with Gasteiger partial charge in [-0.3, -0.25) is 0 Å². The lowest BCUT2D eigenvalue weighted by Crippen LogP contribution is -2.14. The Kier molecular flexibility index (Phi) is 4.98. The second kappa shape index (κ2) is 7.18. The van der Waals surface area contributed by atoms with Gasteiger partial charge in [0.2, 0.25) is 0 Å². The van der Waals surface area contributed by atoms with Crippen LogP contribution in [0.4, 0.5) is 0 Å². The van der Waals surface area contributed by atoms with E-state index in [9.17, 15) is 5.26 Å². The van der Waals surface area contributed by atoms with E-state index >= 15 is 0 Å². The summed E-state index contributed by atoms with van der Waals surface area (Å²) in [6.45, 7) is 3.57. The molecular weight excluding hydrogens is 336 g/mol. The Bertz CT molecular complexity index is 943. The van der Waals surface area contributed by atoms with Crippen LogP contribution in [0.5, 0.6) is 5.75 Å². The lowest BCUT2D eigenvalue weighted by Gasteiger charge is -2.19. The highest BCUT2D eigenvalue weighted by Gasteiger charge is 2.24. The summed E-state index contributed by atoms with van der Waals surface area (Å²) >= 11 is 0. The summed E-state index contributed by atoms with van der Waals surface area (Å²) in [6.07, 6.45) is 0.823. The third kappa shape index (κ3) is 3.21. The normalized spacial score (nSPS) is 16.4. The van der Waals surface area contributed by atoms with E-state index < -0.39 is 0 Å². The summed E-state index contributed by atoms with van der Waals surface area (Å²) in [6, 6.07) is 15.9. The maximum Gasteiger partial charge on any atom is 0.128 e. The lowest BCUT2D eigenvalue weighted by atomic mass is 10.0. The van der Waals surface area contributed by atoms with E-state index in [2.05, 4.69) is 17.5 Å². The number of furan rings is 1. The fraction of sp³-hybridized carbons (Fsp3) is 0.250. The van der Waals surface area contributed by atoms with E-state index in [0.717, 1.165) is 53.1 Å². The van der Waals surface area contributed by atoms with Crippen molar-refractivity contribution < 1.29 is 9.15 Å². The molecule has 4 nitrogen and oxygen atoms in total. The zero-order chi connectivity index (χ0) is 16.5. The van der Waals surface area contributed by atoms with E-state index in [0.29, 0.717) is 5.56 Å². The number of benzene rings is 2. The molecule has 2 aromatic carbocycles. The van der Waals surface area contributed by atoms with Gasteiger partial charge in [0.1, 0.15) is 23.4 Å². The summed E-state index contributed by atoms with van der Waals surface area (Å²) in [5, 5.41) is 14.6. The Morgan fingerprint density at radius 2 is 2.00 bits per heavy atom. The van der Waals surface area contributed by atoms with Crippen LogP contribution in [-0.2, 0) is 6.54 Å². The maximum atomic E-state index is 9.31. The number of nitrogens with zero attached hydrogens (tertiary/aromatic N) is 1. The Morgan fingerprint density at radius 1 is 1.20 bits per heavy atom. The first-order valence-electron chi connectivity index (χ1n) is 8.14. The van der Waals surface area contributed by atoms with Gasteiger partial charge in [0.05, 0.1) is 18.2 Å². The molecule has 1 aliphatic heterocycles. The average Bonchev–Trinajstić information content (AvgIpc) is 2.88. The zero-order valence-electron chi connectivity index (χ0n) is 13.9. The summed E-state index contributed by atoms with van der Waals surface area (Å²) < 4.78 is 12.2. The molecular formula is C20H19ClN2O2. The van der Waals surface area contributed by atoms with Crippen LogP contribution in [0.2, 0.25) is 0 Å². The highest BCUT2D eigenvalue weighted by molar-refractivity contribution is 5.92. The summed E-state index contributed by atoms with van der Waals surface area (Å²) in [5.41, 5.74) is 1.78. The van der Waals surface area contributed by atoms with Crippen LogP contribution in [0.1, 0.15) is 35.2 Å². The number of hydrogen-bond donors (Lipinski definition) is 1. The van der Waals surface area contributed by atoms with Crippen LogP contribution in [0.15, 0.2) is 46.9 Å². The van der Waals surface area contributed by atoms with E-state index in [-0.39, 0.29) is 18.5 Å². The van der Waals surface area contributed by atoms with Gasteiger partial charge in [0, 0.05) is 22.8 Å². The molecule has 1 aliphatic rings. The van der Waals surface area contributed by atoms with Gasteiger partial charge < -0.3 is 14.5 Å². The number of nitrogens with one attached hydrogen (secondary N) is 1. The highest BCUT2D eigenvalue weighted by atomic mass is 35.5. The predicted molar refractivity (Wildman–Crippen MR) is 99.0 cm³/mol. The van der Waals surface area contributed by atoms with Crippen LogP contribution in [-0.4, -0.2) is 6.54 Å². The molecule has 128 valence electrons. The number of ether oxygens (including phenoxy) is 1. The van der Waals surface area contributed by atoms with Gasteiger partial charge in [-0.2, -0.15) is 5.26 Å². The van der Waals surface area contributed by atoms with Crippen LogP contribution < -0.4 is 10.1 Å². The van der Waals surface area contributed by atoms with Crippen LogP contribution >= 0.6 is 12.4 Å². The Hall–Kier alpha value is -2.48. The van der Waals surface area contributed by atoms with Crippen molar-refractivity contribution in [3.8, 4) is 11.8 Å². The molecule has 25 heavy (non-hydrogen) atoms. The molecule has 0 saturated carbocycles. The first-order chi connectivity index (χ1) is 11.8. The molecule has 0 amide bonds.